The number of aromatic carboxylic acids is 1. The van der Waals surface area contributed by atoms with Crippen LogP contribution in [0.25, 0.3) is 22.4 Å². The molecule has 168 valence electrons. The highest BCUT2D eigenvalue weighted by atomic mass is 19.1. The van der Waals surface area contributed by atoms with Crippen LogP contribution in [0, 0.1) is 23.1 Å². The van der Waals surface area contributed by atoms with Crippen LogP contribution >= 0.6 is 0 Å². The molecule has 0 atom stereocenters. The minimum atomic E-state index is -1.12. The number of nitrogens with zero attached hydrogens (tertiary/aromatic N) is 4. The topological polar surface area (TPSA) is 99.2 Å². The maximum absolute atomic E-state index is 14.5. The number of nitriles is 1. The van der Waals surface area contributed by atoms with Gasteiger partial charge in [0.2, 0.25) is 5.95 Å². The number of aromatic nitrogens is 2. The second-order valence-electron chi connectivity index (χ2n) is 8.36. The minimum absolute atomic E-state index is 0.0283. The van der Waals surface area contributed by atoms with Gasteiger partial charge < -0.3 is 10.0 Å². The van der Waals surface area contributed by atoms with Gasteiger partial charge in [-0.15, -0.1) is 0 Å². The second kappa shape index (κ2) is 8.87. The van der Waals surface area contributed by atoms with Gasteiger partial charge in [0, 0.05) is 25.7 Å². The largest absolute Gasteiger partial charge is 0.478 e. The molecule has 0 spiro atoms. The van der Waals surface area contributed by atoms with Gasteiger partial charge in [-0.3, -0.25) is 9.36 Å². The number of carboxylic acids is 1. The number of piperidine rings is 1. The first-order valence-corrected chi connectivity index (χ1v) is 10.7. The highest BCUT2D eigenvalue weighted by molar-refractivity contribution is 5.91. The first kappa shape index (κ1) is 22.2. The van der Waals surface area contributed by atoms with Crippen molar-refractivity contribution >= 4 is 11.9 Å². The van der Waals surface area contributed by atoms with Crippen LogP contribution < -0.4 is 10.5 Å². The van der Waals surface area contributed by atoms with Crippen LogP contribution in [0.4, 0.5) is 10.3 Å². The van der Waals surface area contributed by atoms with Crippen LogP contribution in [0.1, 0.15) is 35.7 Å². The molecule has 2 aromatic carbocycles. The molecule has 7 nitrogen and oxygen atoms in total. The molecule has 3 aromatic rings. The Morgan fingerprint density at radius 3 is 2.55 bits per heavy atom. The summed E-state index contributed by atoms with van der Waals surface area (Å²) in [7, 11) is 1.64. The van der Waals surface area contributed by atoms with Crippen molar-refractivity contribution in [2.45, 2.75) is 19.8 Å². The summed E-state index contributed by atoms with van der Waals surface area (Å²) in [5, 5.41) is 18.5. The van der Waals surface area contributed by atoms with Crippen molar-refractivity contribution < 1.29 is 14.3 Å². The van der Waals surface area contributed by atoms with Crippen molar-refractivity contribution in [1.29, 1.82) is 5.26 Å². The van der Waals surface area contributed by atoms with E-state index in [1.54, 1.807) is 31.3 Å². The average Bonchev–Trinajstić information content (AvgIpc) is 2.81. The number of hydrogen-bond acceptors (Lipinski definition) is 5. The number of anilines is 1. The van der Waals surface area contributed by atoms with Gasteiger partial charge in [-0.25, -0.2) is 14.2 Å². The summed E-state index contributed by atoms with van der Waals surface area (Å²) in [6.07, 6.45) is 1.94. The first-order chi connectivity index (χ1) is 15.8. The summed E-state index contributed by atoms with van der Waals surface area (Å²) in [5.41, 5.74) is 0.702. The fourth-order valence-corrected chi connectivity index (χ4v) is 4.11. The molecule has 4 rings (SSSR count). The molecule has 1 N–H and O–H groups in total. The minimum Gasteiger partial charge on any atom is -0.478 e. The quantitative estimate of drug-likeness (QED) is 0.649. The van der Waals surface area contributed by atoms with E-state index in [0.29, 0.717) is 23.0 Å². The molecule has 33 heavy (non-hydrogen) atoms. The van der Waals surface area contributed by atoms with Crippen molar-refractivity contribution in [3.05, 3.63) is 69.8 Å². The van der Waals surface area contributed by atoms with Crippen LogP contribution in [0.3, 0.4) is 0 Å². The molecule has 8 heteroatoms. The second-order valence-corrected chi connectivity index (χ2v) is 8.36. The van der Waals surface area contributed by atoms with E-state index < -0.39 is 11.8 Å². The van der Waals surface area contributed by atoms with Crippen molar-refractivity contribution in [3.63, 3.8) is 0 Å². The number of hydrogen-bond donors (Lipinski definition) is 1. The van der Waals surface area contributed by atoms with Crippen molar-refractivity contribution in [2.24, 2.45) is 13.0 Å². The number of carbonyl (C=O) groups is 1. The van der Waals surface area contributed by atoms with E-state index >= 15 is 0 Å². The van der Waals surface area contributed by atoms with Gasteiger partial charge >= 0.3 is 5.97 Å². The van der Waals surface area contributed by atoms with E-state index in [1.807, 2.05) is 4.90 Å². The average molecular weight is 446 g/mol. The van der Waals surface area contributed by atoms with Gasteiger partial charge in [-0.05, 0) is 48.6 Å². The van der Waals surface area contributed by atoms with E-state index in [1.165, 1.54) is 28.8 Å². The molecule has 1 saturated heterocycles. The zero-order valence-electron chi connectivity index (χ0n) is 18.4. The summed E-state index contributed by atoms with van der Waals surface area (Å²) < 4.78 is 16.0. The lowest BCUT2D eigenvalue weighted by molar-refractivity contribution is 0.0697. The van der Waals surface area contributed by atoms with E-state index in [9.17, 15) is 19.1 Å². The highest BCUT2D eigenvalue weighted by Crippen LogP contribution is 2.32. The van der Waals surface area contributed by atoms with Gasteiger partial charge in [-0.2, -0.15) is 5.26 Å². The zero-order chi connectivity index (χ0) is 23.7. The van der Waals surface area contributed by atoms with Gasteiger partial charge in [-0.1, -0.05) is 25.1 Å². The summed E-state index contributed by atoms with van der Waals surface area (Å²) in [6.45, 7) is 3.68. The normalized spacial score (nSPS) is 14.2. The van der Waals surface area contributed by atoms with Gasteiger partial charge in [0.15, 0.2) is 0 Å². The molecule has 1 aliphatic heterocycles. The lowest BCUT2D eigenvalue weighted by Crippen LogP contribution is -2.38. The zero-order valence-corrected chi connectivity index (χ0v) is 18.4. The van der Waals surface area contributed by atoms with E-state index in [4.69, 9.17) is 10.2 Å². The Morgan fingerprint density at radius 1 is 1.18 bits per heavy atom. The number of rotatable bonds is 4. The predicted molar refractivity (Wildman–Crippen MR) is 123 cm³/mol. The maximum atomic E-state index is 14.5. The van der Waals surface area contributed by atoms with Gasteiger partial charge in [0.1, 0.15) is 11.9 Å². The predicted octanol–water partition coefficient (Wildman–Crippen LogP) is 4.06. The lowest BCUT2D eigenvalue weighted by atomic mass is 9.97. The van der Waals surface area contributed by atoms with Crippen LogP contribution in [-0.2, 0) is 7.05 Å². The number of carboxylic acid groups (broad SMARTS) is 1. The Morgan fingerprint density at radius 2 is 1.91 bits per heavy atom. The molecule has 0 bridgehead atoms. The Balaban J connectivity index is 1.97. The number of benzene rings is 2. The van der Waals surface area contributed by atoms with Crippen molar-refractivity contribution in [2.75, 3.05) is 18.0 Å². The fourth-order valence-electron chi connectivity index (χ4n) is 4.11. The third-order valence-electron chi connectivity index (χ3n) is 6.09. The maximum Gasteiger partial charge on any atom is 0.335 e. The molecule has 0 unspecified atom stereocenters. The van der Waals surface area contributed by atoms with Crippen LogP contribution in [0.15, 0.2) is 47.3 Å². The molecular weight excluding hydrogens is 423 g/mol. The SMILES string of the molecule is CC1CCN(c2nc(-c3ccc(C#N)c(F)c3)c(-c3cccc(C(=O)O)c3)c(=O)n2C)CC1. The number of halogens is 1. The third kappa shape index (κ3) is 4.22. The van der Waals surface area contributed by atoms with Gasteiger partial charge in [0.25, 0.3) is 5.56 Å². The molecule has 1 fully saturated rings. The third-order valence-corrected chi connectivity index (χ3v) is 6.09. The summed E-state index contributed by atoms with van der Waals surface area (Å²) >= 11 is 0. The summed E-state index contributed by atoms with van der Waals surface area (Å²) in [5.74, 6) is -0.768. The van der Waals surface area contributed by atoms with Crippen LogP contribution in [0.5, 0.6) is 0 Å². The molecule has 0 aliphatic carbocycles. The summed E-state index contributed by atoms with van der Waals surface area (Å²) in [4.78, 5) is 31.9. The van der Waals surface area contributed by atoms with Crippen LogP contribution in [0.2, 0.25) is 0 Å². The Kier molecular flexibility index (Phi) is 5.97. The molecule has 1 aromatic heterocycles. The Hall–Kier alpha value is -3.99. The fraction of sp³-hybridized carbons (Fsp3) is 0.280. The van der Waals surface area contributed by atoms with E-state index in [0.717, 1.165) is 25.9 Å². The molecule has 0 radical (unpaired) electrons. The molecule has 0 amide bonds. The molecule has 2 heterocycles. The smallest absolute Gasteiger partial charge is 0.335 e. The Labute approximate surface area is 190 Å². The van der Waals surface area contributed by atoms with E-state index in [2.05, 4.69) is 6.92 Å². The standard InChI is InChI=1S/C25H23FN4O3/c1-15-8-10-30(11-9-15)25-28-22(17-6-7-19(14-27)20(26)13-17)21(23(31)29(25)2)16-4-3-5-18(12-16)24(32)33/h3-7,12-13,15H,8-11H2,1-2H3,(H,32,33). The van der Waals surface area contributed by atoms with Crippen molar-refractivity contribution in [1.82, 2.24) is 9.55 Å². The summed E-state index contributed by atoms with van der Waals surface area (Å²) in [6, 6.07) is 11.9. The van der Waals surface area contributed by atoms with Gasteiger partial charge in [0.05, 0.1) is 22.4 Å². The molecule has 0 saturated carbocycles. The van der Waals surface area contributed by atoms with Crippen molar-refractivity contribution in [3.8, 4) is 28.5 Å². The van der Waals surface area contributed by atoms with E-state index in [-0.39, 0.29) is 27.9 Å². The lowest BCUT2D eigenvalue weighted by Gasteiger charge is -2.32. The highest BCUT2D eigenvalue weighted by Gasteiger charge is 2.24. The van der Waals surface area contributed by atoms with Crippen LogP contribution in [-0.4, -0.2) is 33.7 Å². The molecular formula is C25H23FN4O3. The first-order valence-electron chi connectivity index (χ1n) is 10.7. The monoisotopic (exact) mass is 446 g/mol. The Bertz CT molecular complexity index is 1330. The molecule has 1 aliphatic rings.